The third kappa shape index (κ3) is 5.56. The fraction of sp³-hybridized carbons (Fsp3) is 0.263. The zero-order chi connectivity index (χ0) is 19.1. The minimum Gasteiger partial charge on any atom is -0.325 e. The van der Waals surface area contributed by atoms with E-state index >= 15 is 0 Å². The highest BCUT2D eigenvalue weighted by atomic mass is 32.2. The average molecular weight is 378 g/mol. The number of rotatable bonds is 7. The van der Waals surface area contributed by atoms with Gasteiger partial charge in [-0.1, -0.05) is 12.1 Å². The Morgan fingerprint density at radius 2 is 1.85 bits per heavy atom. The number of anilines is 2. The van der Waals surface area contributed by atoms with Gasteiger partial charge in [-0.25, -0.2) is 8.78 Å². The molecule has 0 aliphatic heterocycles. The van der Waals surface area contributed by atoms with Crippen LogP contribution in [0, 0.1) is 18.6 Å². The molecule has 7 heteroatoms. The Kier molecular flexibility index (Phi) is 7.15. The minimum absolute atomic E-state index is 0.0636. The average Bonchev–Trinajstić information content (AvgIpc) is 2.58. The van der Waals surface area contributed by atoms with Crippen LogP contribution in [0.4, 0.5) is 20.2 Å². The van der Waals surface area contributed by atoms with Crippen LogP contribution in [0.2, 0.25) is 0 Å². The van der Waals surface area contributed by atoms with Crippen molar-refractivity contribution in [1.29, 1.82) is 0 Å². The molecule has 2 rings (SSSR count). The normalized spacial score (nSPS) is 10.5. The van der Waals surface area contributed by atoms with Crippen LogP contribution in [0.25, 0.3) is 0 Å². The smallest absolute Gasteiger partial charge is 0.236 e. The number of benzene rings is 2. The number of carbonyl (C=O) groups excluding carboxylic acids is 2. The lowest BCUT2D eigenvalue weighted by Gasteiger charge is -2.21. The highest BCUT2D eigenvalue weighted by molar-refractivity contribution is 8.00. The SMILES string of the molecule is CCN(C(=O)CSCC(=O)Nc1cccc(C)c1)c1ccc(F)c(F)c1. The van der Waals surface area contributed by atoms with Crippen molar-refractivity contribution in [1.82, 2.24) is 0 Å². The van der Waals surface area contributed by atoms with Gasteiger partial charge in [0, 0.05) is 24.0 Å². The van der Waals surface area contributed by atoms with Crippen LogP contribution in [0.3, 0.4) is 0 Å². The van der Waals surface area contributed by atoms with E-state index in [1.54, 1.807) is 13.0 Å². The first kappa shape index (κ1) is 19.9. The number of hydrogen-bond acceptors (Lipinski definition) is 3. The lowest BCUT2D eigenvalue weighted by atomic mass is 10.2. The molecule has 0 heterocycles. The predicted octanol–water partition coefficient (Wildman–Crippen LogP) is 4.00. The summed E-state index contributed by atoms with van der Waals surface area (Å²) in [7, 11) is 0. The summed E-state index contributed by atoms with van der Waals surface area (Å²) >= 11 is 1.17. The van der Waals surface area contributed by atoms with Crippen LogP contribution in [0.1, 0.15) is 12.5 Å². The monoisotopic (exact) mass is 378 g/mol. The molecule has 0 radical (unpaired) electrons. The Morgan fingerprint density at radius 3 is 2.50 bits per heavy atom. The number of nitrogens with one attached hydrogen (secondary N) is 1. The van der Waals surface area contributed by atoms with E-state index in [2.05, 4.69) is 5.32 Å². The highest BCUT2D eigenvalue weighted by Gasteiger charge is 2.16. The number of halogens is 2. The zero-order valence-electron chi connectivity index (χ0n) is 14.6. The van der Waals surface area contributed by atoms with E-state index < -0.39 is 11.6 Å². The van der Waals surface area contributed by atoms with E-state index in [0.717, 1.165) is 17.7 Å². The molecule has 0 saturated heterocycles. The van der Waals surface area contributed by atoms with Gasteiger partial charge in [0.15, 0.2) is 11.6 Å². The van der Waals surface area contributed by atoms with Crippen molar-refractivity contribution in [2.75, 3.05) is 28.3 Å². The van der Waals surface area contributed by atoms with Crippen LogP contribution in [0.5, 0.6) is 0 Å². The molecule has 0 aliphatic carbocycles. The second kappa shape index (κ2) is 9.33. The second-order valence-electron chi connectivity index (χ2n) is 5.65. The first-order valence-electron chi connectivity index (χ1n) is 8.10. The summed E-state index contributed by atoms with van der Waals surface area (Å²) in [5.41, 5.74) is 2.04. The molecule has 0 atom stereocenters. The Morgan fingerprint density at radius 1 is 1.08 bits per heavy atom. The molecule has 1 N–H and O–H groups in total. The van der Waals surface area contributed by atoms with Gasteiger partial charge in [-0.3, -0.25) is 9.59 Å². The number of carbonyl (C=O) groups is 2. The number of hydrogen-bond donors (Lipinski definition) is 1. The molecular formula is C19H20F2N2O2S. The summed E-state index contributed by atoms with van der Waals surface area (Å²) in [5.74, 6) is -2.25. The standard InChI is InChI=1S/C19H20F2N2O2S/c1-3-23(15-7-8-16(20)17(21)10-15)19(25)12-26-11-18(24)22-14-6-4-5-13(2)9-14/h4-10H,3,11-12H2,1-2H3,(H,22,24). The van der Waals surface area contributed by atoms with Gasteiger partial charge in [0.1, 0.15) is 0 Å². The number of nitrogens with zero attached hydrogens (tertiary/aromatic N) is 1. The van der Waals surface area contributed by atoms with Crippen molar-refractivity contribution < 1.29 is 18.4 Å². The zero-order valence-corrected chi connectivity index (χ0v) is 15.4. The third-order valence-corrected chi connectivity index (χ3v) is 4.51. The van der Waals surface area contributed by atoms with Gasteiger partial charge in [0.25, 0.3) is 0 Å². The molecule has 0 unspecified atom stereocenters. The van der Waals surface area contributed by atoms with Crippen LogP contribution in [0.15, 0.2) is 42.5 Å². The van der Waals surface area contributed by atoms with E-state index in [4.69, 9.17) is 0 Å². The molecule has 0 aliphatic rings. The first-order valence-corrected chi connectivity index (χ1v) is 9.26. The highest BCUT2D eigenvalue weighted by Crippen LogP contribution is 2.19. The Labute approximate surface area is 155 Å². The van der Waals surface area contributed by atoms with Gasteiger partial charge >= 0.3 is 0 Å². The lowest BCUT2D eigenvalue weighted by molar-refractivity contribution is -0.116. The molecule has 4 nitrogen and oxygen atoms in total. The largest absolute Gasteiger partial charge is 0.325 e. The molecule has 0 spiro atoms. The molecule has 2 aromatic carbocycles. The number of amides is 2. The van der Waals surface area contributed by atoms with Gasteiger partial charge < -0.3 is 10.2 Å². The fourth-order valence-corrected chi connectivity index (χ4v) is 3.07. The third-order valence-electron chi connectivity index (χ3n) is 3.59. The van der Waals surface area contributed by atoms with Gasteiger partial charge in [0.2, 0.25) is 11.8 Å². The molecule has 0 fully saturated rings. The Bertz CT molecular complexity index is 799. The summed E-state index contributed by atoms with van der Waals surface area (Å²) in [5, 5.41) is 2.77. The number of aryl methyl sites for hydroxylation is 1. The quantitative estimate of drug-likeness (QED) is 0.792. The molecule has 138 valence electrons. The van der Waals surface area contributed by atoms with Crippen molar-refractivity contribution >= 4 is 35.0 Å². The molecule has 2 amide bonds. The first-order chi connectivity index (χ1) is 12.4. The Balaban J connectivity index is 1.86. The van der Waals surface area contributed by atoms with Crippen molar-refractivity contribution in [3.05, 3.63) is 59.7 Å². The van der Waals surface area contributed by atoms with Gasteiger partial charge in [0.05, 0.1) is 11.5 Å². The second-order valence-corrected chi connectivity index (χ2v) is 6.63. The summed E-state index contributed by atoms with van der Waals surface area (Å²) in [6.45, 7) is 3.99. The summed E-state index contributed by atoms with van der Waals surface area (Å²) in [4.78, 5) is 25.6. The van der Waals surface area contributed by atoms with Crippen molar-refractivity contribution in [3.8, 4) is 0 Å². The maximum atomic E-state index is 13.4. The van der Waals surface area contributed by atoms with Gasteiger partial charge in [-0.2, -0.15) is 0 Å². The number of thioether (sulfide) groups is 1. The maximum Gasteiger partial charge on any atom is 0.236 e. The predicted molar refractivity (Wildman–Crippen MR) is 102 cm³/mol. The van der Waals surface area contributed by atoms with E-state index in [-0.39, 0.29) is 23.3 Å². The van der Waals surface area contributed by atoms with Crippen molar-refractivity contribution in [2.45, 2.75) is 13.8 Å². The van der Waals surface area contributed by atoms with E-state index in [0.29, 0.717) is 17.9 Å². The summed E-state index contributed by atoms with van der Waals surface area (Å²) < 4.78 is 26.4. The lowest BCUT2D eigenvalue weighted by Crippen LogP contribution is -2.32. The Hall–Kier alpha value is -2.41. The molecule has 0 bridgehead atoms. The van der Waals surface area contributed by atoms with Crippen molar-refractivity contribution in [2.24, 2.45) is 0 Å². The van der Waals surface area contributed by atoms with E-state index in [1.807, 2.05) is 25.1 Å². The molecule has 2 aromatic rings. The minimum atomic E-state index is -1.00. The topological polar surface area (TPSA) is 49.4 Å². The summed E-state index contributed by atoms with van der Waals surface area (Å²) in [6, 6.07) is 10.8. The molecular weight excluding hydrogens is 358 g/mol. The molecule has 26 heavy (non-hydrogen) atoms. The molecule has 0 aromatic heterocycles. The van der Waals surface area contributed by atoms with E-state index in [9.17, 15) is 18.4 Å². The fourth-order valence-electron chi connectivity index (χ4n) is 2.38. The van der Waals surface area contributed by atoms with Gasteiger partial charge in [-0.15, -0.1) is 11.8 Å². The van der Waals surface area contributed by atoms with Crippen molar-refractivity contribution in [3.63, 3.8) is 0 Å². The summed E-state index contributed by atoms with van der Waals surface area (Å²) in [6.07, 6.45) is 0. The van der Waals surface area contributed by atoms with E-state index in [1.165, 1.54) is 22.7 Å². The molecule has 0 saturated carbocycles. The van der Waals surface area contributed by atoms with Crippen LogP contribution in [-0.2, 0) is 9.59 Å². The maximum absolute atomic E-state index is 13.4. The van der Waals surface area contributed by atoms with Crippen LogP contribution < -0.4 is 10.2 Å². The van der Waals surface area contributed by atoms with Crippen LogP contribution >= 0.6 is 11.8 Å². The van der Waals surface area contributed by atoms with Crippen LogP contribution in [-0.4, -0.2) is 29.9 Å². The van der Waals surface area contributed by atoms with Gasteiger partial charge in [-0.05, 0) is 43.7 Å².